The Hall–Kier alpha value is -4.49. The molecular weight excluding hydrogens is 502 g/mol. The maximum absolute atomic E-state index is 6.03. The van der Waals surface area contributed by atoms with Crippen molar-refractivity contribution < 1.29 is 4.74 Å². The fraction of sp³-hybridized carbons (Fsp3) is 0.156. The number of thiocarbonyl (C=S) groups is 1. The van der Waals surface area contributed by atoms with E-state index in [1.807, 2.05) is 73.1 Å². The van der Waals surface area contributed by atoms with Crippen LogP contribution in [0.25, 0.3) is 5.82 Å². The van der Waals surface area contributed by atoms with Crippen LogP contribution in [0.4, 0.5) is 5.69 Å². The third-order valence-corrected chi connectivity index (χ3v) is 7.43. The number of nitrogens with zero attached hydrogens (tertiary/aromatic N) is 4. The first-order valence-corrected chi connectivity index (χ1v) is 13.4. The fourth-order valence-electron chi connectivity index (χ4n) is 5.33. The Morgan fingerprint density at radius 1 is 0.795 bits per heavy atom. The van der Waals surface area contributed by atoms with Gasteiger partial charge in [-0.15, -0.1) is 0 Å². The summed E-state index contributed by atoms with van der Waals surface area (Å²) in [5.74, 6) is 2.48. The van der Waals surface area contributed by atoms with Gasteiger partial charge in [-0.05, 0) is 111 Å². The van der Waals surface area contributed by atoms with Crippen LogP contribution in [0.15, 0.2) is 103 Å². The van der Waals surface area contributed by atoms with Crippen molar-refractivity contribution in [3.8, 4) is 17.3 Å². The summed E-state index contributed by atoms with van der Waals surface area (Å²) in [6.07, 6.45) is 3.69. The summed E-state index contributed by atoms with van der Waals surface area (Å²) < 4.78 is 8.25. The van der Waals surface area contributed by atoms with Gasteiger partial charge in [0.05, 0.1) is 17.8 Å². The number of anilines is 1. The summed E-state index contributed by atoms with van der Waals surface area (Å²) in [7, 11) is 0. The van der Waals surface area contributed by atoms with Gasteiger partial charge in [0.1, 0.15) is 17.3 Å². The Morgan fingerprint density at radius 2 is 1.54 bits per heavy atom. The quantitative estimate of drug-likeness (QED) is 0.235. The van der Waals surface area contributed by atoms with Gasteiger partial charge in [-0.2, -0.15) is 0 Å². The van der Waals surface area contributed by atoms with E-state index in [4.69, 9.17) is 21.9 Å². The van der Waals surface area contributed by atoms with E-state index in [1.54, 1.807) is 0 Å². The summed E-state index contributed by atoms with van der Waals surface area (Å²) in [5, 5.41) is 4.22. The van der Waals surface area contributed by atoms with Gasteiger partial charge in [-0.3, -0.25) is 4.98 Å². The van der Waals surface area contributed by atoms with E-state index in [2.05, 4.69) is 70.9 Å². The van der Waals surface area contributed by atoms with E-state index in [9.17, 15) is 0 Å². The lowest BCUT2D eigenvalue weighted by Crippen LogP contribution is -2.29. The van der Waals surface area contributed by atoms with Gasteiger partial charge < -0.3 is 19.5 Å². The summed E-state index contributed by atoms with van der Waals surface area (Å²) in [4.78, 5) is 11.6. The Balaban J connectivity index is 1.42. The molecule has 0 amide bonds. The first-order valence-electron chi connectivity index (χ1n) is 12.9. The molecule has 0 radical (unpaired) electrons. The smallest absolute Gasteiger partial charge is 0.174 e. The van der Waals surface area contributed by atoms with E-state index in [0.717, 1.165) is 40.1 Å². The molecule has 2 aromatic carbocycles. The van der Waals surface area contributed by atoms with E-state index in [-0.39, 0.29) is 12.1 Å². The van der Waals surface area contributed by atoms with Crippen molar-refractivity contribution >= 4 is 23.0 Å². The van der Waals surface area contributed by atoms with Crippen molar-refractivity contribution in [2.45, 2.75) is 32.9 Å². The molecule has 2 atom stereocenters. The molecule has 6 nitrogen and oxygen atoms in total. The summed E-state index contributed by atoms with van der Waals surface area (Å²) in [6.45, 7) is 6.36. The van der Waals surface area contributed by atoms with Gasteiger partial charge in [0.25, 0.3) is 0 Å². The van der Waals surface area contributed by atoms with Crippen LogP contribution in [-0.2, 0) is 0 Å². The molecule has 0 bridgehead atoms. The number of aryl methyl sites for hydroxylation is 2. The zero-order valence-electron chi connectivity index (χ0n) is 22.1. The maximum atomic E-state index is 6.03. The molecule has 6 rings (SSSR count). The van der Waals surface area contributed by atoms with Gasteiger partial charge in [0, 0.05) is 29.5 Å². The predicted molar refractivity (Wildman–Crippen MR) is 159 cm³/mol. The molecule has 0 unspecified atom stereocenters. The van der Waals surface area contributed by atoms with Crippen molar-refractivity contribution in [2.75, 3.05) is 4.90 Å². The standard InChI is InChI=1S/C32H29N5OS/c1-21-16-18-34-29(19-21)36-22(2)20-27(23(36)3)31-30(28-11-7-8-17-33-28)35-32(39)37(31)24-12-14-26(15-13-24)38-25-9-5-4-6-10-25/h4-20,30-31H,1-3H3,(H,35,39)/t30-,31-/m1/s1. The van der Waals surface area contributed by atoms with Crippen LogP contribution < -0.4 is 15.0 Å². The predicted octanol–water partition coefficient (Wildman–Crippen LogP) is 7.16. The first-order chi connectivity index (χ1) is 19.0. The number of hydrogen-bond donors (Lipinski definition) is 1. The van der Waals surface area contributed by atoms with Crippen LogP contribution >= 0.6 is 12.2 Å². The number of nitrogens with one attached hydrogen (secondary N) is 1. The monoisotopic (exact) mass is 531 g/mol. The van der Waals surface area contributed by atoms with Gasteiger partial charge in [0.2, 0.25) is 0 Å². The molecular formula is C32H29N5OS. The van der Waals surface area contributed by atoms with Crippen molar-refractivity contribution in [1.29, 1.82) is 0 Å². The largest absolute Gasteiger partial charge is 0.457 e. The van der Waals surface area contributed by atoms with Gasteiger partial charge >= 0.3 is 0 Å². The average molecular weight is 532 g/mol. The fourth-order valence-corrected chi connectivity index (χ4v) is 5.68. The van der Waals surface area contributed by atoms with Crippen LogP contribution in [0.1, 0.15) is 40.3 Å². The van der Waals surface area contributed by atoms with Gasteiger partial charge in [-0.25, -0.2) is 4.98 Å². The highest BCUT2D eigenvalue weighted by atomic mass is 32.1. The number of para-hydroxylation sites is 1. The van der Waals surface area contributed by atoms with Crippen molar-refractivity contribution in [3.05, 3.63) is 132 Å². The Kier molecular flexibility index (Phi) is 6.59. The molecule has 194 valence electrons. The third kappa shape index (κ3) is 4.77. The molecule has 1 N–H and O–H groups in total. The zero-order valence-corrected chi connectivity index (χ0v) is 22.9. The third-order valence-electron chi connectivity index (χ3n) is 7.11. The highest BCUT2D eigenvalue weighted by molar-refractivity contribution is 7.80. The lowest BCUT2D eigenvalue weighted by Gasteiger charge is -2.28. The first kappa shape index (κ1) is 24.8. The van der Waals surface area contributed by atoms with E-state index >= 15 is 0 Å². The zero-order chi connectivity index (χ0) is 26.9. The highest BCUT2D eigenvalue weighted by Crippen LogP contribution is 2.44. The van der Waals surface area contributed by atoms with E-state index in [1.165, 1.54) is 11.1 Å². The minimum atomic E-state index is -0.127. The molecule has 0 aliphatic carbocycles. The van der Waals surface area contributed by atoms with Crippen LogP contribution in [-0.4, -0.2) is 19.6 Å². The molecule has 1 fully saturated rings. The molecule has 3 aromatic heterocycles. The van der Waals surface area contributed by atoms with Gasteiger partial charge in [0.15, 0.2) is 5.11 Å². The molecule has 1 aliphatic heterocycles. The SMILES string of the molecule is Cc1ccnc(-n2c(C)cc([C@@H]3[C@@H](c4ccccn4)NC(=S)N3c3ccc(Oc4ccccc4)cc3)c2C)c1. The van der Waals surface area contributed by atoms with Crippen LogP contribution in [0.2, 0.25) is 0 Å². The highest BCUT2D eigenvalue weighted by Gasteiger charge is 2.42. The molecule has 39 heavy (non-hydrogen) atoms. The summed E-state index contributed by atoms with van der Waals surface area (Å²) in [5.41, 5.74) is 6.50. The van der Waals surface area contributed by atoms with Gasteiger partial charge in [-0.1, -0.05) is 24.3 Å². The van der Waals surface area contributed by atoms with Crippen LogP contribution in [0.5, 0.6) is 11.5 Å². The second kappa shape index (κ2) is 10.3. The minimum absolute atomic E-state index is 0.113. The lowest BCUT2D eigenvalue weighted by molar-refractivity contribution is 0.482. The lowest BCUT2D eigenvalue weighted by atomic mass is 9.96. The number of aromatic nitrogens is 3. The average Bonchev–Trinajstić information content (AvgIpc) is 3.45. The number of benzene rings is 2. The number of ether oxygens (including phenoxy) is 1. The topological polar surface area (TPSA) is 55.2 Å². The second-order valence-corrected chi connectivity index (χ2v) is 10.1. The Morgan fingerprint density at radius 3 is 2.26 bits per heavy atom. The van der Waals surface area contributed by atoms with Crippen molar-refractivity contribution in [3.63, 3.8) is 0 Å². The van der Waals surface area contributed by atoms with E-state index < -0.39 is 0 Å². The van der Waals surface area contributed by atoms with Crippen molar-refractivity contribution in [1.82, 2.24) is 19.9 Å². The van der Waals surface area contributed by atoms with Crippen LogP contribution in [0.3, 0.4) is 0 Å². The molecule has 4 heterocycles. The summed E-state index contributed by atoms with van der Waals surface area (Å²) in [6, 6.07) is 30.0. The van der Waals surface area contributed by atoms with Crippen LogP contribution in [0, 0.1) is 20.8 Å². The second-order valence-electron chi connectivity index (χ2n) is 9.76. The maximum Gasteiger partial charge on any atom is 0.174 e. The Bertz CT molecular complexity index is 1620. The summed E-state index contributed by atoms with van der Waals surface area (Å²) >= 11 is 5.94. The molecule has 0 spiro atoms. The normalized spacial score (nSPS) is 16.8. The molecule has 0 saturated carbocycles. The Labute approximate surface area is 233 Å². The van der Waals surface area contributed by atoms with E-state index in [0.29, 0.717) is 5.11 Å². The minimum Gasteiger partial charge on any atom is -0.457 e. The number of hydrogen-bond acceptors (Lipinski definition) is 4. The number of rotatable bonds is 6. The van der Waals surface area contributed by atoms with Crippen molar-refractivity contribution in [2.24, 2.45) is 0 Å². The number of pyridine rings is 2. The molecule has 7 heteroatoms. The molecule has 5 aromatic rings. The molecule has 1 saturated heterocycles. The molecule has 1 aliphatic rings.